The SMILES string of the molecule is CCn1cc(CC(=O)ON2C(=O)c3ccccc3C2=O)nn1. The van der Waals surface area contributed by atoms with Gasteiger partial charge in [0.05, 0.1) is 23.2 Å². The lowest BCUT2D eigenvalue weighted by molar-refractivity contribution is -0.167. The summed E-state index contributed by atoms with van der Waals surface area (Å²) in [4.78, 5) is 40.8. The van der Waals surface area contributed by atoms with Crippen LogP contribution in [0.2, 0.25) is 0 Å². The fourth-order valence-electron chi connectivity index (χ4n) is 2.11. The van der Waals surface area contributed by atoms with Crippen LogP contribution in [-0.2, 0) is 22.6 Å². The highest BCUT2D eigenvalue weighted by Gasteiger charge is 2.38. The van der Waals surface area contributed by atoms with Crippen molar-refractivity contribution in [3.63, 3.8) is 0 Å². The molecule has 112 valence electrons. The van der Waals surface area contributed by atoms with E-state index in [-0.39, 0.29) is 17.5 Å². The largest absolute Gasteiger partial charge is 0.339 e. The number of fused-ring (bicyclic) bond motifs is 1. The van der Waals surface area contributed by atoms with Crippen LogP contribution in [0, 0.1) is 0 Å². The molecule has 2 heterocycles. The summed E-state index contributed by atoms with van der Waals surface area (Å²) in [6, 6.07) is 6.29. The molecule has 0 unspecified atom stereocenters. The molecule has 0 saturated heterocycles. The first-order valence-electron chi connectivity index (χ1n) is 6.67. The molecule has 0 aliphatic carbocycles. The Hall–Kier alpha value is -3.03. The molecule has 1 aromatic heterocycles. The summed E-state index contributed by atoms with van der Waals surface area (Å²) in [6.07, 6.45) is 1.43. The maximum Gasteiger partial charge on any atom is 0.339 e. The maximum atomic E-state index is 12.0. The molecule has 2 aromatic rings. The number of imide groups is 1. The molecule has 0 atom stereocenters. The van der Waals surface area contributed by atoms with Crippen LogP contribution in [-0.4, -0.2) is 37.8 Å². The van der Waals surface area contributed by atoms with Crippen molar-refractivity contribution in [2.45, 2.75) is 19.9 Å². The zero-order valence-corrected chi connectivity index (χ0v) is 11.7. The van der Waals surface area contributed by atoms with Gasteiger partial charge in [-0.15, -0.1) is 5.10 Å². The number of rotatable bonds is 4. The van der Waals surface area contributed by atoms with E-state index in [1.165, 1.54) is 12.1 Å². The van der Waals surface area contributed by atoms with Crippen LogP contribution in [0.5, 0.6) is 0 Å². The lowest BCUT2D eigenvalue weighted by Crippen LogP contribution is -2.33. The van der Waals surface area contributed by atoms with E-state index in [0.717, 1.165) is 0 Å². The Morgan fingerprint density at radius 3 is 2.36 bits per heavy atom. The number of aromatic nitrogens is 3. The molecule has 8 heteroatoms. The van der Waals surface area contributed by atoms with Gasteiger partial charge in [-0.05, 0) is 19.1 Å². The topological polar surface area (TPSA) is 94.4 Å². The predicted molar refractivity (Wildman–Crippen MR) is 72.4 cm³/mol. The number of hydroxylamine groups is 2. The molecule has 1 aliphatic rings. The Balaban J connectivity index is 1.70. The molecular weight excluding hydrogens is 288 g/mol. The number of nitrogens with zero attached hydrogens (tertiary/aromatic N) is 4. The second kappa shape index (κ2) is 5.40. The van der Waals surface area contributed by atoms with Crippen molar-refractivity contribution in [1.82, 2.24) is 20.1 Å². The molecular formula is C14H12N4O4. The lowest BCUT2D eigenvalue weighted by atomic mass is 10.1. The predicted octanol–water partition coefficient (Wildman–Crippen LogP) is 0.595. The van der Waals surface area contributed by atoms with E-state index in [0.29, 0.717) is 17.3 Å². The summed E-state index contributed by atoms with van der Waals surface area (Å²) < 4.78 is 1.56. The average molecular weight is 300 g/mol. The third-order valence-electron chi connectivity index (χ3n) is 3.19. The highest BCUT2D eigenvalue weighted by Crippen LogP contribution is 2.22. The van der Waals surface area contributed by atoms with E-state index in [9.17, 15) is 14.4 Å². The number of aryl methyl sites for hydroxylation is 1. The Morgan fingerprint density at radius 2 is 1.82 bits per heavy atom. The van der Waals surface area contributed by atoms with Gasteiger partial charge in [-0.25, -0.2) is 4.79 Å². The quantitative estimate of drug-likeness (QED) is 0.767. The van der Waals surface area contributed by atoms with Crippen LogP contribution in [0.25, 0.3) is 0 Å². The summed E-state index contributed by atoms with van der Waals surface area (Å²) in [7, 11) is 0. The Morgan fingerprint density at radius 1 is 1.18 bits per heavy atom. The summed E-state index contributed by atoms with van der Waals surface area (Å²) in [5, 5.41) is 8.08. The summed E-state index contributed by atoms with van der Waals surface area (Å²) >= 11 is 0. The number of hydrogen-bond acceptors (Lipinski definition) is 6. The second-order valence-electron chi connectivity index (χ2n) is 4.66. The lowest BCUT2D eigenvalue weighted by Gasteiger charge is -2.11. The van der Waals surface area contributed by atoms with Crippen molar-refractivity contribution in [3.8, 4) is 0 Å². The number of carbonyl (C=O) groups excluding carboxylic acids is 3. The minimum atomic E-state index is -0.752. The van der Waals surface area contributed by atoms with E-state index < -0.39 is 17.8 Å². The van der Waals surface area contributed by atoms with E-state index in [2.05, 4.69) is 10.3 Å². The average Bonchev–Trinajstić information content (AvgIpc) is 3.06. The second-order valence-corrected chi connectivity index (χ2v) is 4.66. The molecule has 0 fully saturated rings. The van der Waals surface area contributed by atoms with E-state index in [1.807, 2.05) is 6.92 Å². The van der Waals surface area contributed by atoms with Crippen LogP contribution in [0.3, 0.4) is 0 Å². The van der Waals surface area contributed by atoms with E-state index in [1.54, 1.807) is 23.0 Å². The first kappa shape index (κ1) is 13.9. The Bertz CT molecular complexity index is 733. The molecule has 0 bridgehead atoms. The Labute approximate surface area is 125 Å². The third-order valence-corrected chi connectivity index (χ3v) is 3.19. The van der Waals surface area contributed by atoms with Gasteiger partial charge < -0.3 is 4.84 Å². The van der Waals surface area contributed by atoms with Gasteiger partial charge in [-0.2, -0.15) is 0 Å². The molecule has 1 aliphatic heterocycles. The summed E-state index contributed by atoms with van der Waals surface area (Å²) in [6.45, 7) is 2.51. The normalized spacial score (nSPS) is 13.4. The number of carbonyl (C=O) groups is 3. The highest BCUT2D eigenvalue weighted by molar-refractivity contribution is 6.20. The monoisotopic (exact) mass is 300 g/mol. The highest BCUT2D eigenvalue weighted by atomic mass is 16.7. The minimum absolute atomic E-state index is 0.173. The van der Waals surface area contributed by atoms with Crippen molar-refractivity contribution in [3.05, 3.63) is 47.3 Å². The van der Waals surface area contributed by atoms with Gasteiger partial charge in [0.25, 0.3) is 11.8 Å². The van der Waals surface area contributed by atoms with Crippen molar-refractivity contribution in [2.24, 2.45) is 0 Å². The zero-order valence-electron chi connectivity index (χ0n) is 11.7. The molecule has 0 saturated carbocycles. The van der Waals surface area contributed by atoms with Crippen molar-refractivity contribution in [1.29, 1.82) is 0 Å². The van der Waals surface area contributed by atoms with Crippen LogP contribution in [0.4, 0.5) is 0 Å². The molecule has 0 spiro atoms. The van der Waals surface area contributed by atoms with Gasteiger partial charge in [-0.3, -0.25) is 14.3 Å². The number of benzene rings is 1. The maximum absolute atomic E-state index is 12.0. The Kier molecular flexibility index (Phi) is 3.42. The third kappa shape index (κ3) is 2.34. The molecule has 2 amide bonds. The number of hydrogen-bond donors (Lipinski definition) is 0. The van der Waals surface area contributed by atoms with Gasteiger partial charge in [0.2, 0.25) is 0 Å². The molecule has 1 aromatic carbocycles. The van der Waals surface area contributed by atoms with Crippen LogP contribution < -0.4 is 0 Å². The minimum Gasteiger partial charge on any atom is -0.329 e. The van der Waals surface area contributed by atoms with Crippen LogP contribution >= 0.6 is 0 Å². The van der Waals surface area contributed by atoms with Crippen molar-refractivity contribution in [2.75, 3.05) is 0 Å². The zero-order chi connectivity index (χ0) is 15.7. The van der Waals surface area contributed by atoms with E-state index in [4.69, 9.17) is 4.84 Å². The fourth-order valence-corrected chi connectivity index (χ4v) is 2.11. The first-order valence-corrected chi connectivity index (χ1v) is 6.67. The standard InChI is InChI=1S/C14H12N4O4/c1-2-17-8-9(15-16-17)7-12(19)22-18-13(20)10-5-3-4-6-11(10)14(18)21/h3-6,8H,2,7H2,1H3. The summed E-state index contributed by atoms with van der Waals surface area (Å²) in [5.41, 5.74) is 0.845. The summed E-state index contributed by atoms with van der Waals surface area (Å²) in [5.74, 6) is -2.05. The number of amides is 2. The molecule has 8 nitrogen and oxygen atoms in total. The van der Waals surface area contributed by atoms with Gasteiger partial charge in [0, 0.05) is 12.7 Å². The molecule has 3 rings (SSSR count). The first-order chi connectivity index (χ1) is 10.6. The molecule has 0 N–H and O–H groups in total. The fraction of sp³-hybridized carbons (Fsp3) is 0.214. The van der Waals surface area contributed by atoms with Gasteiger partial charge in [-0.1, -0.05) is 22.4 Å². The smallest absolute Gasteiger partial charge is 0.329 e. The van der Waals surface area contributed by atoms with Gasteiger partial charge >= 0.3 is 5.97 Å². The van der Waals surface area contributed by atoms with Gasteiger partial charge in [0.1, 0.15) is 0 Å². The molecule has 22 heavy (non-hydrogen) atoms. The van der Waals surface area contributed by atoms with Crippen molar-refractivity contribution < 1.29 is 19.2 Å². The van der Waals surface area contributed by atoms with Gasteiger partial charge in [0.15, 0.2) is 0 Å². The van der Waals surface area contributed by atoms with Crippen LogP contribution in [0.1, 0.15) is 33.3 Å². The molecule has 0 radical (unpaired) electrons. The van der Waals surface area contributed by atoms with E-state index >= 15 is 0 Å². The van der Waals surface area contributed by atoms with Crippen LogP contribution in [0.15, 0.2) is 30.5 Å². The van der Waals surface area contributed by atoms with Crippen molar-refractivity contribution >= 4 is 17.8 Å².